The smallest absolute Gasteiger partial charge is 0.282 e. The van der Waals surface area contributed by atoms with Crippen LogP contribution < -0.4 is 9.47 Å². The van der Waals surface area contributed by atoms with E-state index in [2.05, 4.69) is 17.3 Å². The van der Waals surface area contributed by atoms with Crippen molar-refractivity contribution in [3.8, 4) is 11.5 Å². The molecule has 0 N–H and O–H groups in total. The van der Waals surface area contributed by atoms with Gasteiger partial charge in [-0.3, -0.25) is 19.7 Å². The number of nitro benzene ring substituents is 1. The van der Waals surface area contributed by atoms with Gasteiger partial charge in [0.2, 0.25) is 6.79 Å². The van der Waals surface area contributed by atoms with Gasteiger partial charge in [-0.05, 0) is 36.2 Å². The molecule has 28 heavy (non-hydrogen) atoms. The third-order valence-electron chi connectivity index (χ3n) is 6.67. The Kier molecular flexibility index (Phi) is 2.92. The number of hydrogen-bond donors (Lipinski definition) is 0. The zero-order valence-corrected chi connectivity index (χ0v) is 14.6. The molecule has 2 bridgehead atoms. The summed E-state index contributed by atoms with van der Waals surface area (Å²) in [4.78, 5) is 36.6. The highest BCUT2D eigenvalue weighted by atomic mass is 16.7. The number of imide groups is 1. The van der Waals surface area contributed by atoms with Crippen molar-refractivity contribution in [1.29, 1.82) is 0 Å². The lowest BCUT2D eigenvalue weighted by Gasteiger charge is -2.37. The molecule has 6 atom stereocenters. The van der Waals surface area contributed by atoms with E-state index in [-0.39, 0.29) is 59.3 Å². The lowest BCUT2D eigenvalue weighted by molar-refractivity contribution is -0.385. The lowest BCUT2D eigenvalue weighted by atomic mass is 9.63. The Hall–Kier alpha value is -3.23. The van der Waals surface area contributed by atoms with Crippen molar-refractivity contribution in [3.63, 3.8) is 0 Å². The average Bonchev–Trinajstić information content (AvgIpc) is 3.33. The molecule has 0 aromatic heterocycles. The van der Waals surface area contributed by atoms with E-state index in [9.17, 15) is 19.7 Å². The van der Waals surface area contributed by atoms with Gasteiger partial charge in [-0.2, -0.15) is 10.1 Å². The zero-order chi connectivity index (χ0) is 19.2. The van der Waals surface area contributed by atoms with Crippen LogP contribution in [0.15, 0.2) is 29.4 Å². The van der Waals surface area contributed by atoms with Crippen LogP contribution in [0.5, 0.6) is 11.5 Å². The van der Waals surface area contributed by atoms with Crippen molar-refractivity contribution in [2.75, 3.05) is 6.79 Å². The normalized spacial score (nSPS) is 36.2. The summed E-state index contributed by atoms with van der Waals surface area (Å²) in [5.41, 5.74) is -0.0823. The first kappa shape index (κ1) is 15.8. The third kappa shape index (κ3) is 1.93. The van der Waals surface area contributed by atoms with Crippen LogP contribution in [0.25, 0.3) is 0 Å². The van der Waals surface area contributed by atoms with Crippen molar-refractivity contribution < 1.29 is 24.0 Å². The van der Waals surface area contributed by atoms with Gasteiger partial charge in [-0.1, -0.05) is 12.2 Å². The van der Waals surface area contributed by atoms with E-state index in [0.717, 1.165) is 11.4 Å². The van der Waals surface area contributed by atoms with E-state index in [1.165, 1.54) is 18.3 Å². The van der Waals surface area contributed by atoms with Crippen LogP contribution in [0.4, 0.5) is 5.69 Å². The third-order valence-corrected chi connectivity index (χ3v) is 6.67. The maximum Gasteiger partial charge on any atom is 0.282 e. The molecule has 0 spiro atoms. The first-order valence-corrected chi connectivity index (χ1v) is 9.23. The fourth-order valence-electron chi connectivity index (χ4n) is 5.38. The molecular formula is C19H15N3O6. The summed E-state index contributed by atoms with van der Waals surface area (Å²) in [6.07, 6.45) is 6.44. The maximum absolute atomic E-state index is 12.9. The number of nitrogens with zero attached hydrogens (tertiary/aromatic N) is 3. The fraction of sp³-hybridized carbons (Fsp3) is 0.421. The summed E-state index contributed by atoms with van der Waals surface area (Å²) in [6, 6.07) is 2.69. The largest absolute Gasteiger partial charge is 0.454 e. The molecule has 7 rings (SSSR count). The summed E-state index contributed by atoms with van der Waals surface area (Å²) >= 11 is 0. The Morgan fingerprint density at radius 3 is 2.29 bits per heavy atom. The number of rotatable bonds is 3. The van der Waals surface area contributed by atoms with Crippen LogP contribution in [0.2, 0.25) is 0 Å². The predicted molar refractivity (Wildman–Crippen MR) is 93.4 cm³/mol. The number of benzene rings is 1. The molecule has 2 aliphatic heterocycles. The molecule has 1 aromatic rings. The molecule has 3 fully saturated rings. The summed E-state index contributed by atoms with van der Waals surface area (Å²) in [5.74, 6) is 0.558. The second-order valence-corrected chi connectivity index (χ2v) is 7.91. The number of allylic oxidation sites excluding steroid dienone is 2. The van der Waals surface area contributed by atoms with Gasteiger partial charge >= 0.3 is 0 Å². The highest BCUT2D eigenvalue weighted by Gasteiger charge is 2.67. The monoisotopic (exact) mass is 381 g/mol. The molecule has 4 aliphatic carbocycles. The predicted octanol–water partition coefficient (Wildman–Crippen LogP) is 1.71. The molecule has 1 aromatic carbocycles. The van der Waals surface area contributed by atoms with Gasteiger partial charge in [-0.15, -0.1) is 0 Å². The Bertz CT molecular complexity index is 981. The van der Waals surface area contributed by atoms with Gasteiger partial charge in [0.1, 0.15) is 0 Å². The molecule has 9 nitrogen and oxygen atoms in total. The zero-order valence-electron chi connectivity index (χ0n) is 14.6. The molecule has 6 aliphatic rings. The maximum atomic E-state index is 12.9. The van der Waals surface area contributed by atoms with E-state index in [0.29, 0.717) is 17.6 Å². The van der Waals surface area contributed by atoms with Gasteiger partial charge in [0, 0.05) is 0 Å². The van der Waals surface area contributed by atoms with Gasteiger partial charge in [0.05, 0.1) is 34.6 Å². The van der Waals surface area contributed by atoms with E-state index < -0.39 is 4.92 Å². The number of hydrogen-bond acceptors (Lipinski definition) is 7. The number of nitro groups is 1. The van der Waals surface area contributed by atoms with Crippen molar-refractivity contribution in [2.45, 2.75) is 6.42 Å². The Morgan fingerprint density at radius 2 is 1.68 bits per heavy atom. The summed E-state index contributed by atoms with van der Waals surface area (Å²) in [5, 5.41) is 16.3. The van der Waals surface area contributed by atoms with Crippen LogP contribution in [-0.2, 0) is 9.59 Å². The molecule has 6 unspecified atom stereocenters. The summed E-state index contributed by atoms with van der Waals surface area (Å²) in [7, 11) is 0. The van der Waals surface area contributed by atoms with Crippen LogP contribution in [0.3, 0.4) is 0 Å². The second-order valence-electron chi connectivity index (χ2n) is 7.91. The van der Waals surface area contributed by atoms with Crippen LogP contribution in [0.1, 0.15) is 12.0 Å². The van der Waals surface area contributed by atoms with Crippen LogP contribution in [-0.4, -0.2) is 34.8 Å². The van der Waals surface area contributed by atoms with Gasteiger partial charge in [0.15, 0.2) is 11.5 Å². The molecule has 2 saturated carbocycles. The highest BCUT2D eigenvalue weighted by molar-refractivity contribution is 6.06. The number of fused-ring (bicyclic) bond motifs is 1. The van der Waals surface area contributed by atoms with Crippen molar-refractivity contribution in [1.82, 2.24) is 5.01 Å². The van der Waals surface area contributed by atoms with Crippen LogP contribution >= 0.6 is 0 Å². The van der Waals surface area contributed by atoms with Crippen LogP contribution in [0, 0.1) is 45.6 Å². The Labute approximate surface area is 158 Å². The minimum atomic E-state index is -0.561. The minimum absolute atomic E-state index is 0.0162. The fourth-order valence-corrected chi connectivity index (χ4v) is 5.38. The average molecular weight is 381 g/mol. The molecule has 142 valence electrons. The Balaban J connectivity index is 1.34. The van der Waals surface area contributed by atoms with Crippen molar-refractivity contribution >= 4 is 23.7 Å². The second kappa shape index (κ2) is 5.18. The molecule has 2 heterocycles. The number of carbonyl (C=O) groups excluding carboxylic acids is 2. The Morgan fingerprint density at radius 1 is 1.07 bits per heavy atom. The number of amides is 2. The number of hydrazone groups is 1. The first-order chi connectivity index (χ1) is 13.5. The van der Waals surface area contributed by atoms with Gasteiger partial charge in [-0.25, -0.2) is 0 Å². The minimum Gasteiger partial charge on any atom is -0.454 e. The van der Waals surface area contributed by atoms with Gasteiger partial charge < -0.3 is 9.47 Å². The molecule has 0 radical (unpaired) electrons. The topological polar surface area (TPSA) is 111 Å². The molecule has 9 heteroatoms. The van der Waals surface area contributed by atoms with E-state index >= 15 is 0 Å². The molecule has 1 saturated heterocycles. The number of carbonyl (C=O) groups is 2. The first-order valence-electron chi connectivity index (χ1n) is 9.23. The lowest BCUT2D eigenvalue weighted by Crippen LogP contribution is -2.40. The molecular weight excluding hydrogens is 366 g/mol. The van der Waals surface area contributed by atoms with E-state index in [4.69, 9.17) is 9.47 Å². The van der Waals surface area contributed by atoms with Crippen molar-refractivity contribution in [3.05, 3.63) is 40.0 Å². The van der Waals surface area contributed by atoms with Gasteiger partial charge in [0.25, 0.3) is 17.5 Å². The summed E-state index contributed by atoms with van der Waals surface area (Å²) < 4.78 is 10.4. The standard InChI is InChI=1S/C19H15N3O6/c23-18-16-9-1-2-10(12-4-11(9)12)17(16)19(24)21(18)20-6-8-3-14-15(28-7-27-14)5-13(8)22(25)26/h1-3,5-6,9-12,16-17H,4,7H2/b20-6+. The number of ether oxygens (including phenoxy) is 2. The SMILES string of the molecule is O=C1C2C3C=CC(C4CC34)C2C(=O)N1/N=C/c1cc2c(cc1[N+](=O)[O-])OCO2. The highest BCUT2D eigenvalue weighted by Crippen LogP contribution is 2.65. The summed E-state index contributed by atoms with van der Waals surface area (Å²) in [6.45, 7) is -0.0162. The van der Waals surface area contributed by atoms with Crippen molar-refractivity contribution in [2.24, 2.45) is 40.6 Å². The van der Waals surface area contributed by atoms with E-state index in [1.807, 2.05) is 0 Å². The van der Waals surface area contributed by atoms with E-state index in [1.54, 1.807) is 0 Å². The quantitative estimate of drug-likeness (QED) is 0.259. The molecule has 2 amide bonds.